The number of nitrogens with one attached hydrogen (secondary N) is 1. The molecule has 0 spiro atoms. The normalized spacial score (nSPS) is 44.1. The summed E-state index contributed by atoms with van der Waals surface area (Å²) in [6.45, 7) is 4.75. The molecular weight excluding hydrogens is 210 g/mol. The highest BCUT2D eigenvalue weighted by molar-refractivity contribution is 8.00. The predicted octanol–water partition coefficient (Wildman–Crippen LogP) is 2.75. The number of rotatable bonds is 2. The van der Waals surface area contributed by atoms with Crippen LogP contribution in [0.4, 0.5) is 0 Å². The van der Waals surface area contributed by atoms with Gasteiger partial charge < -0.3 is 5.32 Å². The Morgan fingerprint density at radius 2 is 1.57 bits per heavy atom. The van der Waals surface area contributed by atoms with Crippen LogP contribution in [0.5, 0.6) is 0 Å². The van der Waals surface area contributed by atoms with E-state index in [4.69, 9.17) is 0 Å². The maximum atomic E-state index is 3.88. The fourth-order valence-electron chi connectivity index (χ4n) is 2.37. The van der Waals surface area contributed by atoms with E-state index in [1.54, 1.807) is 0 Å². The van der Waals surface area contributed by atoms with Gasteiger partial charge in [-0.15, -0.1) is 0 Å². The Bertz CT molecular complexity index is 186. The monoisotopic (exact) mass is 231 g/mol. The van der Waals surface area contributed by atoms with E-state index >= 15 is 0 Å². The molecule has 3 heteroatoms. The molecule has 4 unspecified atom stereocenters. The quantitative estimate of drug-likeness (QED) is 0.785. The van der Waals surface area contributed by atoms with Crippen LogP contribution in [0.3, 0.4) is 0 Å². The van der Waals surface area contributed by atoms with Crippen LogP contribution in [0.15, 0.2) is 0 Å². The van der Waals surface area contributed by atoms with E-state index < -0.39 is 0 Å². The molecule has 0 bridgehead atoms. The summed E-state index contributed by atoms with van der Waals surface area (Å²) < 4.78 is 0. The van der Waals surface area contributed by atoms with Gasteiger partial charge in [0.25, 0.3) is 0 Å². The van der Waals surface area contributed by atoms with Gasteiger partial charge in [0.1, 0.15) is 0 Å². The minimum atomic E-state index is 0.778. The Labute approximate surface area is 96.2 Å². The van der Waals surface area contributed by atoms with Crippen LogP contribution in [-0.4, -0.2) is 34.1 Å². The van der Waals surface area contributed by atoms with E-state index in [0.717, 1.165) is 22.6 Å². The van der Waals surface area contributed by atoms with Gasteiger partial charge in [0.15, 0.2) is 0 Å². The zero-order chi connectivity index (χ0) is 9.97. The summed E-state index contributed by atoms with van der Waals surface area (Å²) in [6.07, 6.45) is 4.17. The van der Waals surface area contributed by atoms with Crippen LogP contribution in [-0.2, 0) is 0 Å². The summed E-state index contributed by atoms with van der Waals surface area (Å²) in [5.41, 5.74) is 0. The molecule has 14 heavy (non-hydrogen) atoms. The van der Waals surface area contributed by atoms with E-state index in [2.05, 4.69) is 42.7 Å². The van der Waals surface area contributed by atoms with Crippen molar-refractivity contribution in [2.75, 3.05) is 11.5 Å². The van der Waals surface area contributed by atoms with Gasteiger partial charge in [-0.2, -0.15) is 23.5 Å². The Kier molecular flexibility index (Phi) is 4.09. The minimum Gasteiger partial charge on any atom is -0.309 e. The molecule has 1 nitrogen and oxygen atoms in total. The first kappa shape index (κ1) is 11.2. The standard InChI is InChI=1S/C11H21NS2/c1-8-10(4-3-6-13-8)12-11-5-7-14-9(11)2/h8-12H,3-7H2,1-2H3. The first-order valence-electron chi connectivity index (χ1n) is 5.76. The molecule has 2 rings (SSSR count). The third-order valence-corrected chi connectivity index (χ3v) is 6.12. The van der Waals surface area contributed by atoms with Gasteiger partial charge >= 0.3 is 0 Å². The highest BCUT2D eigenvalue weighted by Crippen LogP contribution is 2.30. The lowest BCUT2D eigenvalue weighted by Gasteiger charge is -2.32. The van der Waals surface area contributed by atoms with Crippen molar-refractivity contribution in [1.29, 1.82) is 0 Å². The number of thioether (sulfide) groups is 2. The summed E-state index contributed by atoms with van der Waals surface area (Å²) in [6, 6.07) is 1.56. The summed E-state index contributed by atoms with van der Waals surface area (Å²) in [4.78, 5) is 0. The van der Waals surface area contributed by atoms with Crippen molar-refractivity contribution in [2.45, 2.75) is 55.7 Å². The van der Waals surface area contributed by atoms with Crippen molar-refractivity contribution in [2.24, 2.45) is 0 Å². The Morgan fingerprint density at radius 1 is 0.929 bits per heavy atom. The van der Waals surface area contributed by atoms with E-state index in [0.29, 0.717) is 0 Å². The maximum absolute atomic E-state index is 3.88. The summed E-state index contributed by atoms with van der Waals surface area (Å²) >= 11 is 4.27. The van der Waals surface area contributed by atoms with E-state index in [1.807, 2.05) is 0 Å². The molecule has 2 aliphatic rings. The van der Waals surface area contributed by atoms with Crippen LogP contribution in [0.25, 0.3) is 0 Å². The second-order valence-electron chi connectivity index (χ2n) is 4.46. The van der Waals surface area contributed by atoms with Gasteiger partial charge in [0.05, 0.1) is 0 Å². The molecule has 0 radical (unpaired) electrons. The highest BCUT2D eigenvalue weighted by atomic mass is 32.2. The van der Waals surface area contributed by atoms with Crippen molar-refractivity contribution >= 4 is 23.5 Å². The van der Waals surface area contributed by atoms with Gasteiger partial charge in [-0.05, 0) is 30.8 Å². The van der Waals surface area contributed by atoms with Crippen LogP contribution < -0.4 is 5.32 Å². The average Bonchev–Trinajstić information content (AvgIpc) is 2.56. The maximum Gasteiger partial charge on any atom is 0.0194 e. The van der Waals surface area contributed by atoms with Crippen LogP contribution >= 0.6 is 23.5 Å². The molecule has 1 N–H and O–H groups in total. The van der Waals surface area contributed by atoms with Crippen molar-refractivity contribution in [3.8, 4) is 0 Å². The zero-order valence-electron chi connectivity index (χ0n) is 9.16. The predicted molar refractivity (Wildman–Crippen MR) is 68.4 cm³/mol. The topological polar surface area (TPSA) is 12.0 Å². The lowest BCUT2D eigenvalue weighted by atomic mass is 10.0. The first-order valence-corrected chi connectivity index (χ1v) is 7.86. The summed E-state index contributed by atoms with van der Waals surface area (Å²) in [5.74, 6) is 2.72. The van der Waals surface area contributed by atoms with Crippen molar-refractivity contribution in [1.82, 2.24) is 5.32 Å². The fraction of sp³-hybridized carbons (Fsp3) is 1.00. The molecule has 2 heterocycles. The Morgan fingerprint density at radius 3 is 2.21 bits per heavy atom. The molecule has 0 saturated carbocycles. The molecule has 2 saturated heterocycles. The lowest BCUT2D eigenvalue weighted by Crippen LogP contribution is -2.47. The lowest BCUT2D eigenvalue weighted by molar-refractivity contribution is 0.394. The van der Waals surface area contributed by atoms with Gasteiger partial charge in [0.2, 0.25) is 0 Å². The van der Waals surface area contributed by atoms with Crippen molar-refractivity contribution in [3.63, 3.8) is 0 Å². The molecule has 0 aromatic rings. The second-order valence-corrected chi connectivity index (χ2v) is 7.43. The molecular formula is C11H21NS2. The summed E-state index contributed by atoms with van der Waals surface area (Å²) in [5, 5.41) is 5.52. The average molecular weight is 231 g/mol. The van der Waals surface area contributed by atoms with Crippen LogP contribution in [0.1, 0.15) is 33.1 Å². The van der Waals surface area contributed by atoms with Gasteiger partial charge in [-0.25, -0.2) is 0 Å². The second kappa shape index (κ2) is 5.13. The van der Waals surface area contributed by atoms with Crippen LogP contribution in [0.2, 0.25) is 0 Å². The zero-order valence-corrected chi connectivity index (χ0v) is 10.8. The molecule has 0 aromatic carbocycles. The molecule has 0 aliphatic carbocycles. The van der Waals surface area contributed by atoms with Crippen molar-refractivity contribution < 1.29 is 0 Å². The van der Waals surface area contributed by atoms with Gasteiger partial charge in [0, 0.05) is 22.6 Å². The largest absolute Gasteiger partial charge is 0.309 e. The first-order chi connectivity index (χ1) is 6.77. The number of hydrogen-bond acceptors (Lipinski definition) is 3. The van der Waals surface area contributed by atoms with Gasteiger partial charge in [-0.1, -0.05) is 13.8 Å². The van der Waals surface area contributed by atoms with Crippen LogP contribution in [0, 0.1) is 0 Å². The third-order valence-electron chi connectivity index (χ3n) is 3.41. The van der Waals surface area contributed by atoms with E-state index in [1.165, 1.54) is 30.8 Å². The molecule has 0 amide bonds. The molecule has 0 aromatic heterocycles. The minimum absolute atomic E-state index is 0.778. The number of hydrogen-bond donors (Lipinski definition) is 1. The van der Waals surface area contributed by atoms with E-state index in [9.17, 15) is 0 Å². The molecule has 2 aliphatic heterocycles. The Hall–Kier alpha value is 0.660. The summed E-state index contributed by atoms with van der Waals surface area (Å²) in [7, 11) is 0. The molecule has 4 atom stereocenters. The smallest absolute Gasteiger partial charge is 0.0194 e. The highest BCUT2D eigenvalue weighted by Gasteiger charge is 2.29. The van der Waals surface area contributed by atoms with E-state index in [-0.39, 0.29) is 0 Å². The third kappa shape index (κ3) is 2.61. The fourth-order valence-corrected chi connectivity index (χ4v) is 4.73. The van der Waals surface area contributed by atoms with Crippen molar-refractivity contribution in [3.05, 3.63) is 0 Å². The molecule has 2 fully saturated rings. The van der Waals surface area contributed by atoms with Gasteiger partial charge in [-0.3, -0.25) is 0 Å². The molecule has 82 valence electrons. The Balaban J connectivity index is 1.83. The SMILES string of the molecule is CC1SCCCC1NC1CCSC1C.